The second-order valence-corrected chi connectivity index (χ2v) is 9.73. The van der Waals surface area contributed by atoms with Crippen LogP contribution in [-0.2, 0) is 24.2 Å². The predicted molar refractivity (Wildman–Crippen MR) is 134 cm³/mol. The summed E-state index contributed by atoms with van der Waals surface area (Å²) in [5.41, 5.74) is 4.23. The maximum absolute atomic E-state index is 13.0. The molecule has 0 radical (unpaired) electrons. The Hall–Kier alpha value is -3.13. The van der Waals surface area contributed by atoms with Gasteiger partial charge in [-0.2, -0.15) is 4.98 Å². The normalized spacial score (nSPS) is 15.8. The molecule has 1 aliphatic heterocycles. The number of para-hydroxylation sites is 1. The van der Waals surface area contributed by atoms with Gasteiger partial charge in [0.25, 0.3) is 0 Å². The van der Waals surface area contributed by atoms with Crippen molar-refractivity contribution in [2.24, 2.45) is 0 Å². The summed E-state index contributed by atoms with van der Waals surface area (Å²) < 4.78 is 1.80. The first-order chi connectivity index (χ1) is 16.7. The van der Waals surface area contributed by atoms with Gasteiger partial charge in [0.05, 0.1) is 12.3 Å². The molecule has 1 saturated heterocycles. The Bertz CT molecular complexity index is 1190. The number of pyridine rings is 1. The van der Waals surface area contributed by atoms with E-state index in [1.165, 1.54) is 17.4 Å². The van der Waals surface area contributed by atoms with Gasteiger partial charge >= 0.3 is 5.69 Å². The summed E-state index contributed by atoms with van der Waals surface area (Å²) in [6, 6.07) is 14.2. The lowest BCUT2D eigenvalue weighted by Gasteiger charge is -2.36. The van der Waals surface area contributed by atoms with Crippen molar-refractivity contribution in [2.75, 3.05) is 36.8 Å². The minimum absolute atomic E-state index is 0.116. The third kappa shape index (κ3) is 5.01. The van der Waals surface area contributed by atoms with E-state index in [1.807, 2.05) is 35.2 Å². The number of hydrogen-bond acceptors (Lipinski definition) is 6. The highest BCUT2D eigenvalue weighted by molar-refractivity contribution is 7.99. The van der Waals surface area contributed by atoms with E-state index in [1.54, 1.807) is 17.0 Å². The Morgan fingerprint density at radius 1 is 0.941 bits per heavy atom. The Morgan fingerprint density at radius 3 is 2.44 bits per heavy atom. The molecule has 1 aromatic carbocycles. The number of rotatable bonds is 6. The SMILES string of the molecule is O=C(CSc1nc(=O)n(Cc2ccncc2)c2c1CCCC2)N1CCN(c2ccccc2)CC1. The average molecular weight is 476 g/mol. The molecular weight excluding hydrogens is 446 g/mol. The van der Waals surface area contributed by atoms with Crippen LogP contribution in [0.1, 0.15) is 29.7 Å². The van der Waals surface area contributed by atoms with E-state index in [0.717, 1.165) is 60.6 Å². The van der Waals surface area contributed by atoms with E-state index in [0.29, 0.717) is 25.4 Å². The first kappa shape index (κ1) is 22.7. The lowest BCUT2D eigenvalue weighted by molar-refractivity contribution is -0.128. The first-order valence-electron chi connectivity index (χ1n) is 11.9. The number of fused-ring (bicyclic) bond motifs is 1. The van der Waals surface area contributed by atoms with Gasteiger partial charge in [-0.3, -0.25) is 14.3 Å². The van der Waals surface area contributed by atoms with Crippen molar-refractivity contribution in [1.29, 1.82) is 0 Å². The summed E-state index contributed by atoms with van der Waals surface area (Å²) in [6.45, 7) is 3.60. The smallest absolute Gasteiger partial charge is 0.349 e. The number of nitrogens with zero attached hydrogens (tertiary/aromatic N) is 5. The van der Waals surface area contributed by atoms with Gasteiger partial charge in [0.1, 0.15) is 5.03 Å². The molecule has 1 amide bonds. The molecule has 0 N–H and O–H groups in total. The van der Waals surface area contributed by atoms with Gasteiger partial charge in [0.2, 0.25) is 5.91 Å². The van der Waals surface area contributed by atoms with E-state index in [2.05, 4.69) is 27.0 Å². The van der Waals surface area contributed by atoms with E-state index in [-0.39, 0.29) is 11.6 Å². The molecular formula is C26H29N5O2S. The minimum Gasteiger partial charge on any atom is -0.368 e. The summed E-state index contributed by atoms with van der Waals surface area (Å²) in [5, 5.41) is 0.738. The van der Waals surface area contributed by atoms with Crippen molar-refractivity contribution in [2.45, 2.75) is 37.3 Å². The lowest BCUT2D eigenvalue weighted by atomic mass is 9.97. The Labute approximate surface area is 203 Å². The first-order valence-corrected chi connectivity index (χ1v) is 12.9. The number of carbonyl (C=O) groups excluding carboxylic acids is 1. The van der Waals surface area contributed by atoms with Crippen LogP contribution in [0.3, 0.4) is 0 Å². The summed E-state index contributed by atoms with van der Waals surface area (Å²) >= 11 is 1.42. The van der Waals surface area contributed by atoms with Crippen LogP contribution < -0.4 is 10.6 Å². The zero-order valence-corrected chi connectivity index (χ0v) is 20.0. The van der Waals surface area contributed by atoms with Crippen molar-refractivity contribution in [3.63, 3.8) is 0 Å². The van der Waals surface area contributed by atoms with E-state index in [4.69, 9.17) is 0 Å². The number of thioether (sulfide) groups is 1. The molecule has 34 heavy (non-hydrogen) atoms. The number of hydrogen-bond donors (Lipinski definition) is 0. The zero-order valence-electron chi connectivity index (χ0n) is 19.2. The third-order valence-electron chi connectivity index (χ3n) is 6.63. The third-order valence-corrected chi connectivity index (χ3v) is 7.63. The van der Waals surface area contributed by atoms with Gasteiger partial charge in [-0.25, -0.2) is 4.79 Å². The van der Waals surface area contributed by atoms with Gasteiger partial charge in [0.15, 0.2) is 0 Å². The fourth-order valence-corrected chi connectivity index (χ4v) is 5.75. The zero-order chi connectivity index (χ0) is 23.3. The highest BCUT2D eigenvalue weighted by Crippen LogP contribution is 2.29. The molecule has 7 nitrogen and oxygen atoms in total. The molecule has 0 bridgehead atoms. The van der Waals surface area contributed by atoms with Crippen LogP contribution in [-0.4, -0.2) is 57.3 Å². The van der Waals surface area contributed by atoms with Gasteiger partial charge < -0.3 is 9.80 Å². The van der Waals surface area contributed by atoms with Crippen LogP contribution in [0.4, 0.5) is 5.69 Å². The van der Waals surface area contributed by atoms with E-state index >= 15 is 0 Å². The van der Waals surface area contributed by atoms with Crippen LogP contribution in [0.5, 0.6) is 0 Å². The molecule has 5 rings (SSSR count). The molecule has 1 aliphatic carbocycles. The van der Waals surface area contributed by atoms with Crippen molar-refractivity contribution in [1.82, 2.24) is 19.4 Å². The molecule has 1 fully saturated rings. The monoisotopic (exact) mass is 475 g/mol. The van der Waals surface area contributed by atoms with Gasteiger partial charge in [-0.15, -0.1) is 0 Å². The molecule has 3 heterocycles. The Balaban J connectivity index is 1.25. The molecule has 0 unspecified atom stereocenters. The van der Waals surface area contributed by atoms with Crippen LogP contribution in [0.2, 0.25) is 0 Å². The number of carbonyl (C=O) groups is 1. The Morgan fingerprint density at radius 2 is 1.68 bits per heavy atom. The second kappa shape index (κ2) is 10.4. The number of benzene rings is 1. The fraction of sp³-hybridized carbons (Fsp3) is 0.385. The molecule has 0 spiro atoms. The van der Waals surface area contributed by atoms with Gasteiger partial charge in [-0.1, -0.05) is 30.0 Å². The highest BCUT2D eigenvalue weighted by atomic mass is 32.2. The van der Waals surface area contributed by atoms with Crippen molar-refractivity contribution in [3.8, 4) is 0 Å². The molecule has 0 atom stereocenters. The van der Waals surface area contributed by atoms with Gasteiger partial charge in [-0.05, 0) is 55.5 Å². The van der Waals surface area contributed by atoms with Crippen LogP contribution >= 0.6 is 11.8 Å². The predicted octanol–water partition coefficient (Wildman–Crippen LogP) is 3.01. The van der Waals surface area contributed by atoms with Crippen molar-refractivity contribution in [3.05, 3.63) is 82.2 Å². The van der Waals surface area contributed by atoms with E-state index in [9.17, 15) is 9.59 Å². The standard InChI is InChI=1S/C26H29N5O2S/c32-24(30-16-14-29(15-17-30)21-6-2-1-3-7-21)19-34-25-22-8-4-5-9-23(22)31(26(33)28-25)18-20-10-12-27-13-11-20/h1-3,6-7,10-13H,4-5,8-9,14-19H2. The largest absolute Gasteiger partial charge is 0.368 e. The van der Waals surface area contributed by atoms with Crippen LogP contribution in [0.25, 0.3) is 0 Å². The summed E-state index contributed by atoms with van der Waals surface area (Å²) in [5.74, 6) is 0.434. The van der Waals surface area contributed by atoms with Crippen molar-refractivity contribution < 1.29 is 4.79 Å². The quantitative estimate of drug-likeness (QED) is 0.403. The summed E-state index contributed by atoms with van der Waals surface area (Å²) in [4.78, 5) is 38.6. The van der Waals surface area contributed by atoms with Gasteiger partial charge in [0, 0.05) is 55.5 Å². The molecule has 0 saturated carbocycles. The molecule has 8 heteroatoms. The summed E-state index contributed by atoms with van der Waals surface area (Å²) in [6.07, 6.45) is 7.43. The number of piperazine rings is 1. The fourth-order valence-electron chi connectivity index (χ4n) is 4.78. The number of anilines is 1. The maximum Gasteiger partial charge on any atom is 0.349 e. The molecule has 176 valence electrons. The number of amides is 1. The molecule has 2 aromatic heterocycles. The summed E-state index contributed by atoms with van der Waals surface area (Å²) in [7, 11) is 0. The second-order valence-electron chi connectivity index (χ2n) is 8.77. The molecule has 3 aromatic rings. The topological polar surface area (TPSA) is 71.3 Å². The van der Waals surface area contributed by atoms with Crippen LogP contribution in [0.15, 0.2) is 64.7 Å². The maximum atomic E-state index is 13.0. The minimum atomic E-state index is -0.233. The Kier molecular flexibility index (Phi) is 6.94. The lowest BCUT2D eigenvalue weighted by Crippen LogP contribution is -2.49. The van der Waals surface area contributed by atoms with Crippen molar-refractivity contribution >= 4 is 23.4 Å². The van der Waals surface area contributed by atoms with Crippen LogP contribution in [0, 0.1) is 0 Å². The van der Waals surface area contributed by atoms with E-state index < -0.39 is 0 Å². The average Bonchev–Trinajstić information content (AvgIpc) is 2.90. The highest BCUT2D eigenvalue weighted by Gasteiger charge is 2.24. The number of aromatic nitrogens is 3. The molecule has 2 aliphatic rings.